The van der Waals surface area contributed by atoms with E-state index >= 15 is 0 Å². The van der Waals surface area contributed by atoms with Gasteiger partial charge in [0.1, 0.15) is 0 Å². The lowest BCUT2D eigenvalue weighted by Gasteiger charge is -2.14. The predicted molar refractivity (Wildman–Crippen MR) is 87.1 cm³/mol. The first-order chi connectivity index (χ1) is 9.88. The summed E-state index contributed by atoms with van der Waals surface area (Å²) < 4.78 is 2.14. The fraction of sp³-hybridized carbons (Fsp3) is 0.471. The van der Waals surface area contributed by atoms with E-state index < -0.39 is 0 Å². The van der Waals surface area contributed by atoms with Crippen LogP contribution in [0.1, 0.15) is 57.6 Å². The van der Waals surface area contributed by atoms with Gasteiger partial charge < -0.3 is 0 Å². The quantitative estimate of drug-likeness (QED) is 0.644. The number of hydrogen-bond acceptors (Lipinski definition) is 2. The van der Waals surface area contributed by atoms with Crippen molar-refractivity contribution < 1.29 is 0 Å². The summed E-state index contributed by atoms with van der Waals surface area (Å²) in [6.07, 6.45) is 17.7. The van der Waals surface area contributed by atoms with Crippen molar-refractivity contribution in [2.24, 2.45) is 0 Å². The van der Waals surface area contributed by atoms with Crippen LogP contribution in [0.4, 0.5) is 0 Å². The van der Waals surface area contributed by atoms with E-state index in [1.54, 1.807) is 11.3 Å². The van der Waals surface area contributed by atoms with E-state index in [1.165, 1.54) is 48.9 Å². The molecule has 0 atom stereocenters. The number of nitrogens with zero attached hydrogens (tertiary/aromatic N) is 2. The van der Waals surface area contributed by atoms with Crippen molar-refractivity contribution in [3.05, 3.63) is 41.2 Å². The summed E-state index contributed by atoms with van der Waals surface area (Å²) in [5.41, 5.74) is 4.17. The molecular weight excluding hydrogens is 264 g/mol. The Balaban J connectivity index is 1.81. The average molecular weight is 286 g/mol. The fourth-order valence-electron chi connectivity index (χ4n) is 2.86. The van der Waals surface area contributed by atoms with Crippen LogP contribution >= 0.6 is 11.3 Å². The minimum Gasteiger partial charge on any atom is -0.297 e. The highest BCUT2D eigenvalue weighted by Crippen LogP contribution is 2.31. The minimum atomic E-state index is 1.10. The van der Waals surface area contributed by atoms with Gasteiger partial charge in [0.05, 0.1) is 5.69 Å². The van der Waals surface area contributed by atoms with Crippen LogP contribution in [-0.4, -0.2) is 9.38 Å². The predicted octanol–water partition coefficient (Wildman–Crippen LogP) is 5.47. The Kier molecular flexibility index (Phi) is 4.36. The van der Waals surface area contributed by atoms with Crippen molar-refractivity contribution in [3.63, 3.8) is 0 Å². The molecule has 1 aliphatic carbocycles. The molecule has 0 radical (unpaired) electrons. The lowest BCUT2D eigenvalue weighted by Crippen LogP contribution is -1.96. The maximum Gasteiger partial charge on any atom is 0.194 e. The summed E-state index contributed by atoms with van der Waals surface area (Å²) in [5, 5.41) is 2.09. The van der Waals surface area contributed by atoms with Gasteiger partial charge in [-0.25, -0.2) is 4.98 Å². The van der Waals surface area contributed by atoms with Gasteiger partial charge in [0, 0.05) is 17.8 Å². The zero-order valence-corrected chi connectivity index (χ0v) is 13.0. The third-order valence-corrected chi connectivity index (χ3v) is 4.74. The molecule has 0 N–H and O–H groups in total. The molecule has 0 saturated heterocycles. The van der Waals surface area contributed by atoms with Gasteiger partial charge in [0.2, 0.25) is 0 Å². The molecule has 0 amide bonds. The molecule has 0 fully saturated rings. The smallest absolute Gasteiger partial charge is 0.194 e. The summed E-state index contributed by atoms with van der Waals surface area (Å²) >= 11 is 1.71. The molecule has 2 aromatic heterocycles. The molecule has 0 aromatic carbocycles. The lowest BCUT2D eigenvalue weighted by atomic mass is 9.92. The second-order valence-electron chi connectivity index (χ2n) is 5.47. The number of unbranched alkanes of at least 4 members (excludes halogenated alkanes) is 3. The first kappa shape index (κ1) is 13.6. The van der Waals surface area contributed by atoms with E-state index in [-0.39, 0.29) is 0 Å². The van der Waals surface area contributed by atoms with Crippen LogP contribution in [0, 0.1) is 0 Å². The van der Waals surface area contributed by atoms with Crippen LogP contribution in [0.5, 0.6) is 0 Å². The van der Waals surface area contributed by atoms with E-state index in [2.05, 4.69) is 41.3 Å². The molecule has 3 rings (SSSR count). The van der Waals surface area contributed by atoms with Crippen molar-refractivity contribution in [2.45, 2.75) is 51.9 Å². The molecule has 2 nitrogen and oxygen atoms in total. The topological polar surface area (TPSA) is 17.3 Å². The van der Waals surface area contributed by atoms with Crippen LogP contribution in [0.3, 0.4) is 0 Å². The lowest BCUT2D eigenvalue weighted by molar-refractivity contribution is 0.667. The zero-order valence-electron chi connectivity index (χ0n) is 12.1. The molecule has 0 saturated carbocycles. The number of hydrogen-bond donors (Lipinski definition) is 0. The van der Waals surface area contributed by atoms with E-state index in [0.29, 0.717) is 0 Å². The maximum absolute atomic E-state index is 4.78. The van der Waals surface area contributed by atoms with Gasteiger partial charge in [0.15, 0.2) is 4.96 Å². The van der Waals surface area contributed by atoms with Crippen LogP contribution in [-0.2, 0) is 0 Å². The highest BCUT2D eigenvalue weighted by atomic mass is 32.1. The number of rotatable bonds is 6. The molecule has 3 heteroatoms. The van der Waals surface area contributed by atoms with E-state index in [9.17, 15) is 0 Å². The second-order valence-corrected chi connectivity index (χ2v) is 6.35. The van der Waals surface area contributed by atoms with E-state index in [0.717, 1.165) is 17.8 Å². The first-order valence-corrected chi connectivity index (χ1v) is 8.57. The monoisotopic (exact) mass is 286 g/mol. The number of allylic oxidation sites excluding steroid dienone is 4. The van der Waals surface area contributed by atoms with Gasteiger partial charge >= 0.3 is 0 Å². The Morgan fingerprint density at radius 3 is 3.10 bits per heavy atom. The van der Waals surface area contributed by atoms with Crippen LogP contribution in [0.15, 0.2) is 35.5 Å². The highest BCUT2D eigenvalue weighted by Gasteiger charge is 2.14. The third kappa shape index (κ3) is 2.88. The molecule has 2 heterocycles. The highest BCUT2D eigenvalue weighted by molar-refractivity contribution is 7.15. The normalized spacial score (nSPS) is 15.4. The van der Waals surface area contributed by atoms with Gasteiger partial charge in [-0.3, -0.25) is 4.40 Å². The summed E-state index contributed by atoms with van der Waals surface area (Å²) in [5.74, 6) is 0. The number of aromatic nitrogens is 2. The standard InChI is InChI=1S/C17H22N2S/c1-2-3-4-5-8-14-9-6-7-10-15(14)16-13-19-11-12-20-17(19)18-16/h6,9,11-13H,2-5,7-8,10H2,1H3. The van der Waals surface area contributed by atoms with E-state index in [1.807, 2.05) is 0 Å². The van der Waals surface area contributed by atoms with Gasteiger partial charge in [-0.1, -0.05) is 38.3 Å². The molecule has 0 aliphatic heterocycles. The summed E-state index contributed by atoms with van der Waals surface area (Å²) in [6, 6.07) is 0. The first-order valence-electron chi connectivity index (χ1n) is 7.69. The average Bonchev–Trinajstić information content (AvgIpc) is 3.05. The van der Waals surface area contributed by atoms with Crippen LogP contribution < -0.4 is 0 Å². The molecule has 2 aromatic rings. The fourth-order valence-corrected chi connectivity index (χ4v) is 3.56. The van der Waals surface area contributed by atoms with Crippen molar-refractivity contribution in [3.8, 4) is 0 Å². The Hall–Kier alpha value is -1.35. The number of imidazole rings is 1. The number of fused-ring (bicyclic) bond motifs is 1. The van der Waals surface area contributed by atoms with Gasteiger partial charge in [-0.2, -0.15) is 0 Å². The zero-order chi connectivity index (χ0) is 13.8. The Morgan fingerprint density at radius 2 is 2.25 bits per heavy atom. The Labute approximate surface area is 124 Å². The largest absolute Gasteiger partial charge is 0.297 e. The summed E-state index contributed by atoms with van der Waals surface area (Å²) in [7, 11) is 0. The van der Waals surface area contributed by atoms with Gasteiger partial charge in [0.25, 0.3) is 0 Å². The summed E-state index contributed by atoms with van der Waals surface area (Å²) in [4.78, 5) is 5.88. The van der Waals surface area contributed by atoms with E-state index in [4.69, 9.17) is 4.98 Å². The maximum atomic E-state index is 4.78. The van der Waals surface area contributed by atoms with Gasteiger partial charge in [-0.15, -0.1) is 11.3 Å². The second kappa shape index (κ2) is 6.40. The van der Waals surface area contributed by atoms with Crippen molar-refractivity contribution >= 4 is 21.9 Å². The van der Waals surface area contributed by atoms with Crippen molar-refractivity contribution in [1.82, 2.24) is 9.38 Å². The Morgan fingerprint density at radius 1 is 1.30 bits per heavy atom. The Bertz CT molecular complexity index is 602. The SMILES string of the molecule is CCCCCCC1=C(c2cn3ccsc3n2)CCC=C1. The number of thiazole rings is 1. The van der Waals surface area contributed by atoms with Crippen molar-refractivity contribution in [2.75, 3.05) is 0 Å². The van der Waals surface area contributed by atoms with Gasteiger partial charge in [-0.05, 0) is 36.8 Å². The third-order valence-electron chi connectivity index (χ3n) is 3.97. The molecule has 20 heavy (non-hydrogen) atoms. The molecular formula is C17H22N2S. The molecule has 1 aliphatic rings. The summed E-state index contributed by atoms with van der Waals surface area (Å²) in [6.45, 7) is 2.27. The van der Waals surface area contributed by atoms with Crippen LogP contribution in [0.2, 0.25) is 0 Å². The van der Waals surface area contributed by atoms with Crippen LogP contribution in [0.25, 0.3) is 10.5 Å². The molecule has 0 spiro atoms. The molecule has 0 unspecified atom stereocenters. The molecule has 106 valence electrons. The molecule has 0 bridgehead atoms. The van der Waals surface area contributed by atoms with Crippen molar-refractivity contribution in [1.29, 1.82) is 0 Å². The minimum absolute atomic E-state index is 1.10.